The lowest BCUT2D eigenvalue weighted by molar-refractivity contribution is -0.388. The molecule has 0 spiro atoms. The first-order chi connectivity index (χ1) is 9.60. The Morgan fingerprint density at radius 1 is 1.30 bits per heavy atom. The second-order valence-electron chi connectivity index (χ2n) is 3.85. The number of pyridine rings is 1. The summed E-state index contributed by atoms with van der Waals surface area (Å²) < 4.78 is 17.8. The summed E-state index contributed by atoms with van der Waals surface area (Å²) in [5, 5.41) is 11.2. The van der Waals surface area contributed by atoms with E-state index in [0.29, 0.717) is 11.6 Å². The molecule has 2 rings (SSSR count). The Morgan fingerprint density at radius 2 is 2.00 bits per heavy atom. The van der Waals surface area contributed by atoms with Crippen LogP contribution in [0.5, 0.6) is 5.88 Å². The number of ether oxygens (including phenoxy) is 1. The van der Waals surface area contributed by atoms with Crippen molar-refractivity contribution < 1.29 is 14.1 Å². The van der Waals surface area contributed by atoms with Crippen LogP contribution in [0.4, 0.5) is 10.1 Å². The smallest absolute Gasteiger partial charge is 0.301 e. The summed E-state index contributed by atoms with van der Waals surface area (Å²) in [6, 6.07) is 8.77. The summed E-state index contributed by atoms with van der Waals surface area (Å²) >= 11 is 1.21. The molecule has 0 fully saturated rings. The van der Waals surface area contributed by atoms with Crippen LogP contribution in [0, 0.1) is 15.9 Å². The maximum atomic E-state index is 12.8. The highest BCUT2D eigenvalue weighted by molar-refractivity contribution is 7.98. The van der Waals surface area contributed by atoms with E-state index in [0.717, 1.165) is 5.56 Å². The van der Waals surface area contributed by atoms with Gasteiger partial charge < -0.3 is 4.74 Å². The van der Waals surface area contributed by atoms with Crippen LogP contribution in [-0.4, -0.2) is 17.0 Å². The van der Waals surface area contributed by atoms with Gasteiger partial charge in [0.25, 0.3) is 0 Å². The maximum Gasteiger partial charge on any atom is 0.301 e. The summed E-state index contributed by atoms with van der Waals surface area (Å²) in [6.45, 7) is 0. The molecule has 0 amide bonds. The van der Waals surface area contributed by atoms with E-state index in [2.05, 4.69) is 4.98 Å². The van der Waals surface area contributed by atoms with Gasteiger partial charge in [-0.3, -0.25) is 10.1 Å². The van der Waals surface area contributed by atoms with Crippen molar-refractivity contribution in [1.29, 1.82) is 0 Å². The molecule has 0 aliphatic carbocycles. The molecular weight excluding hydrogens is 283 g/mol. The van der Waals surface area contributed by atoms with E-state index < -0.39 is 4.92 Å². The van der Waals surface area contributed by atoms with Crippen molar-refractivity contribution in [2.24, 2.45) is 0 Å². The van der Waals surface area contributed by atoms with Gasteiger partial charge in [0.1, 0.15) is 5.82 Å². The summed E-state index contributed by atoms with van der Waals surface area (Å²) in [4.78, 5) is 14.5. The fraction of sp³-hybridized carbons (Fsp3) is 0.154. The number of hydrogen-bond donors (Lipinski definition) is 0. The second-order valence-corrected chi connectivity index (χ2v) is 4.81. The van der Waals surface area contributed by atoms with E-state index in [-0.39, 0.29) is 16.5 Å². The van der Waals surface area contributed by atoms with E-state index in [1.165, 1.54) is 43.1 Å². The monoisotopic (exact) mass is 294 g/mol. The zero-order valence-electron chi connectivity index (χ0n) is 10.6. The van der Waals surface area contributed by atoms with Crippen molar-refractivity contribution in [2.45, 2.75) is 10.8 Å². The lowest BCUT2D eigenvalue weighted by Crippen LogP contribution is -1.96. The van der Waals surface area contributed by atoms with Crippen LogP contribution < -0.4 is 4.74 Å². The molecule has 1 aromatic carbocycles. The number of nitro groups is 1. The number of hydrogen-bond acceptors (Lipinski definition) is 5. The van der Waals surface area contributed by atoms with Crippen LogP contribution in [0.25, 0.3) is 0 Å². The minimum absolute atomic E-state index is 0.0714. The van der Waals surface area contributed by atoms with Crippen LogP contribution in [0.3, 0.4) is 0 Å². The van der Waals surface area contributed by atoms with Gasteiger partial charge >= 0.3 is 5.69 Å². The second kappa shape index (κ2) is 6.33. The average molecular weight is 294 g/mol. The molecule has 0 aliphatic heterocycles. The Hall–Kier alpha value is -2.15. The van der Waals surface area contributed by atoms with Crippen molar-refractivity contribution in [2.75, 3.05) is 7.11 Å². The summed E-state index contributed by atoms with van der Waals surface area (Å²) in [6.07, 6.45) is 0. The van der Waals surface area contributed by atoms with E-state index in [9.17, 15) is 14.5 Å². The van der Waals surface area contributed by atoms with Crippen LogP contribution in [-0.2, 0) is 5.75 Å². The van der Waals surface area contributed by atoms with Gasteiger partial charge in [-0.25, -0.2) is 4.39 Å². The van der Waals surface area contributed by atoms with Gasteiger partial charge in [-0.05, 0) is 17.7 Å². The van der Waals surface area contributed by atoms with E-state index >= 15 is 0 Å². The van der Waals surface area contributed by atoms with Crippen molar-refractivity contribution >= 4 is 17.4 Å². The predicted molar refractivity (Wildman–Crippen MR) is 73.4 cm³/mol. The molecule has 5 nitrogen and oxygen atoms in total. The van der Waals surface area contributed by atoms with Crippen molar-refractivity contribution in [1.82, 2.24) is 4.98 Å². The Balaban J connectivity index is 2.18. The molecule has 0 unspecified atom stereocenters. The number of thioether (sulfide) groups is 1. The van der Waals surface area contributed by atoms with Crippen LogP contribution in [0.15, 0.2) is 41.4 Å². The van der Waals surface area contributed by atoms with Gasteiger partial charge in [-0.2, -0.15) is 4.98 Å². The normalized spacial score (nSPS) is 10.3. The molecule has 0 saturated carbocycles. The fourth-order valence-electron chi connectivity index (χ4n) is 1.51. The topological polar surface area (TPSA) is 65.3 Å². The summed E-state index contributed by atoms with van der Waals surface area (Å²) in [5.41, 5.74) is 0.785. The lowest BCUT2D eigenvalue weighted by atomic mass is 10.2. The molecule has 0 radical (unpaired) electrons. The Morgan fingerprint density at radius 3 is 2.60 bits per heavy atom. The number of nitrogens with zero attached hydrogens (tertiary/aromatic N) is 2. The molecule has 0 N–H and O–H groups in total. The lowest BCUT2D eigenvalue weighted by Gasteiger charge is -2.05. The molecule has 20 heavy (non-hydrogen) atoms. The standard InChI is InChI=1S/C13H11FN2O3S/c1-19-12-7-6-11(16(17)18)13(15-12)20-8-9-2-4-10(14)5-3-9/h2-7H,8H2,1H3. The van der Waals surface area contributed by atoms with E-state index in [1.54, 1.807) is 12.1 Å². The number of aromatic nitrogens is 1. The average Bonchev–Trinajstić information content (AvgIpc) is 2.46. The van der Waals surface area contributed by atoms with E-state index in [1.807, 2.05) is 0 Å². The highest BCUT2D eigenvalue weighted by Gasteiger charge is 2.16. The quantitative estimate of drug-likeness (QED) is 0.480. The molecular formula is C13H11FN2O3S. The minimum Gasteiger partial charge on any atom is -0.481 e. The van der Waals surface area contributed by atoms with Crippen LogP contribution in [0.1, 0.15) is 5.56 Å². The first-order valence-electron chi connectivity index (χ1n) is 5.67. The predicted octanol–water partition coefficient (Wildman–Crippen LogP) is 3.43. The highest BCUT2D eigenvalue weighted by Crippen LogP contribution is 2.31. The largest absolute Gasteiger partial charge is 0.481 e. The Labute approximate surface area is 118 Å². The first kappa shape index (κ1) is 14.3. The summed E-state index contributed by atoms with van der Waals surface area (Å²) in [7, 11) is 1.45. The molecule has 2 aromatic rings. The van der Waals surface area contributed by atoms with Gasteiger partial charge in [0.2, 0.25) is 5.88 Å². The third kappa shape index (κ3) is 3.45. The number of rotatable bonds is 5. The molecule has 0 saturated heterocycles. The number of halogens is 1. The van der Waals surface area contributed by atoms with Gasteiger partial charge in [0, 0.05) is 17.9 Å². The Kier molecular flexibility index (Phi) is 4.52. The maximum absolute atomic E-state index is 12.8. The van der Waals surface area contributed by atoms with Crippen molar-refractivity contribution in [3.63, 3.8) is 0 Å². The number of benzene rings is 1. The third-order valence-corrected chi connectivity index (χ3v) is 3.56. The van der Waals surface area contributed by atoms with Gasteiger partial charge in [-0.15, -0.1) is 0 Å². The molecule has 7 heteroatoms. The fourth-order valence-corrected chi connectivity index (χ4v) is 2.45. The van der Waals surface area contributed by atoms with Crippen molar-refractivity contribution in [3.05, 3.63) is 57.9 Å². The SMILES string of the molecule is COc1ccc([N+](=O)[O-])c(SCc2ccc(F)cc2)n1. The molecule has 1 heterocycles. The van der Waals surface area contributed by atoms with Gasteiger partial charge in [0.05, 0.1) is 12.0 Å². The molecule has 104 valence electrons. The first-order valence-corrected chi connectivity index (χ1v) is 6.65. The number of methoxy groups -OCH3 is 1. The van der Waals surface area contributed by atoms with Crippen molar-refractivity contribution in [3.8, 4) is 5.88 Å². The minimum atomic E-state index is -0.487. The highest BCUT2D eigenvalue weighted by atomic mass is 32.2. The molecule has 1 aromatic heterocycles. The third-order valence-electron chi connectivity index (χ3n) is 2.51. The zero-order valence-corrected chi connectivity index (χ0v) is 11.4. The Bertz CT molecular complexity index is 620. The van der Waals surface area contributed by atoms with E-state index in [4.69, 9.17) is 4.74 Å². The van der Waals surface area contributed by atoms with Gasteiger partial charge in [0.15, 0.2) is 5.03 Å². The zero-order chi connectivity index (χ0) is 14.5. The molecule has 0 aliphatic rings. The van der Waals surface area contributed by atoms with Crippen LogP contribution >= 0.6 is 11.8 Å². The summed E-state index contributed by atoms with van der Waals surface area (Å²) in [5.74, 6) is 0.461. The van der Waals surface area contributed by atoms with Crippen LogP contribution in [0.2, 0.25) is 0 Å². The molecule has 0 bridgehead atoms. The molecule has 0 atom stereocenters. The van der Waals surface area contributed by atoms with Gasteiger partial charge in [-0.1, -0.05) is 23.9 Å².